The van der Waals surface area contributed by atoms with Crippen LogP contribution < -0.4 is 19.7 Å². The summed E-state index contributed by atoms with van der Waals surface area (Å²) in [6.07, 6.45) is 0. The number of ether oxygens (including phenoxy) is 2. The fourth-order valence-electron chi connectivity index (χ4n) is 2.72. The molecule has 0 bridgehead atoms. The maximum absolute atomic E-state index is 12.2. The number of hydrogen-bond donors (Lipinski definition) is 1. The van der Waals surface area contributed by atoms with Crippen molar-refractivity contribution in [3.05, 3.63) is 47.5 Å². The zero-order chi connectivity index (χ0) is 18.7. The molecule has 0 unspecified atom stereocenters. The number of para-hydroxylation sites is 1. The number of halogens is 1. The molecule has 136 valence electrons. The molecule has 0 radical (unpaired) electrons. The van der Waals surface area contributed by atoms with E-state index in [0.29, 0.717) is 27.9 Å². The molecule has 26 heavy (non-hydrogen) atoms. The van der Waals surface area contributed by atoms with E-state index in [0.717, 1.165) is 0 Å². The van der Waals surface area contributed by atoms with Crippen molar-refractivity contribution >= 4 is 34.8 Å². The van der Waals surface area contributed by atoms with E-state index in [-0.39, 0.29) is 31.1 Å². The van der Waals surface area contributed by atoms with Crippen LogP contribution in [0, 0.1) is 0 Å². The maximum atomic E-state index is 12.2. The summed E-state index contributed by atoms with van der Waals surface area (Å²) in [6.45, 7) is 3.69. The van der Waals surface area contributed by atoms with Crippen molar-refractivity contribution < 1.29 is 19.1 Å². The van der Waals surface area contributed by atoms with Gasteiger partial charge in [-0.2, -0.15) is 0 Å². The number of rotatable bonds is 5. The summed E-state index contributed by atoms with van der Waals surface area (Å²) in [7, 11) is 0. The molecular formula is C19H19ClN2O4. The largest absolute Gasteiger partial charge is 0.482 e. The Kier molecular flexibility index (Phi) is 5.32. The van der Waals surface area contributed by atoms with Crippen LogP contribution in [0.15, 0.2) is 42.5 Å². The minimum absolute atomic E-state index is 0.0142. The van der Waals surface area contributed by atoms with E-state index in [9.17, 15) is 9.59 Å². The molecule has 0 saturated carbocycles. The van der Waals surface area contributed by atoms with Crippen LogP contribution in [0.2, 0.25) is 5.02 Å². The smallest absolute Gasteiger partial charge is 0.265 e. The Morgan fingerprint density at radius 1 is 1.31 bits per heavy atom. The van der Waals surface area contributed by atoms with Crippen molar-refractivity contribution in [2.45, 2.75) is 19.9 Å². The monoisotopic (exact) mass is 374 g/mol. The molecule has 0 saturated heterocycles. The molecule has 1 aliphatic heterocycles. The third kappa shape index (κ3) is 3.91. The maximum Gasteiger partial charge on any atom is 0.265 e. The molecule has 0 spiro atoms. The highest BCUT2D eigenvalue weighted by molar-refractivity contribution is 6.32. The molecule has 0 atom stereocenters. The highest BCUT2D eigenvalue weighted by Crippen LogP contribution is 2.35. The van der Waals surface area contributed by atoms with E-state index >= 15 is 0 Å². The number of fused-ring (bicyclic) bond motifs is 1. The van der Waals surface area contributed by atoms with E-state index in [1.807, 2.05) is 13.8 Å². The van der Waals surface area contributed by atoms with Crippen LogP contribution in [0.3, 0.4) is 0 Å². The number of hydrogen-bond acceptors (Lipinski definition) is 4. The summed E-state index contributed by atoms with van der Waals surface area (Å²) in [5.41, 5.74) is 1.20. The number of amides is 2. The number of anilines is 2. The predicted octanol–water partition coefficient (Wildman–Crippen LogP) is 3.49. The van der Waals surface area contributed by atoms with Gasteiger partial charge in [-0.1, -0.05) is 23.7 Å². The van der Waals surface area contributed by atoms with Gasteiger partial charge in [0.05, 0.1) is 10.7 Å². The molecule has 6 nitrogen and oxygen atoms in total. The van der Waals surface area contributed by atoms with Crippen molar-refractivity contribution in [3.63, 3.8) is 0 Å². The summed E-state index contributed by atoms with van der Waals surface area (Å²) in [4.78, 5) is 25.9. The Labute approximate surface area is 156 Å². The lowest BCUT2D eigenvalue weighted by molar-refractivity contribution is -0.121. The van der Waals surface area contributed by atoms with Gasteiger partial charge in [-0.25, -0.2) is 0 Å². The number of carbonyl (C=O) groups excluding carboxylic acids is 2. The van der Waals surface area contributed by atoms with Gasteiger partial charge in [-0.05, 0) is 44.2 Å². The van der Waals surface area contributed by atoms with Crippen LogP contribution in [0.1, 0.15) is 13.8 Å². The van der Waals surface area contributed by atoms with Crippen LogP contribution in [-0.4, -0.2) is 31.1 Å². The Morgan fingerprint density at radius 3 is 2.81 bits per heavy atom. The van der Waals surface area contributed by atoms with E-state index < -0.39 is 0 Å². The van der Waals surface area contributed by atoms with Crippen molar-refractivity contribution in [2.75, 3.05) is 23.4 Å². The molecule has 2 amide bonds. The molecule has 1 N–H and O–H groups in total. The first-order chi connectivity index (χ1) is 12.5. The molecule has 2 aromatic rings. The van der Waals surface area contributed by atoms with E-state index in [1.165, 1.54) is 0 Å². The van der Waals surface area contributed by atoms with Crippen molar-refractivity contribution in [2.24, 2.45) is 0 Å². The zero-order valence-electron chi connectivity index (χ0n) is 14.5. The van der Waals surface area contributed by atoms with E-state index in [4.69, 9.17) is 21.1 Å². The summed E-state index contributed by atoms with van der Waals surface area (Å²) in [5.74, 6) is 0.616. The van der Waals surface area contributed by atoms with Crippen molar-refractivity contribution in [3.8, 4) is 11.5 Å². The molecule has 0 aliphatic carbocycles. The van der Waals surface area contributed by atoms with Crippen LogP contribution in [-0.2, 0) is 9.59 Å². The van der Waals surface area contributed by atoms with Crippen molar-refractivity contribution in [1.29, 1.82) is 0 Å². The molecule has 2 aromatic carbocycles. The lowest BCUT2D eigenvalue weighted by Crippen LogP contribution is -2.43. The average Bonchev–Trinajstić information content (AvgIpc) is 2.60. The van der Waals surface area contributed by atoms with E-state index in [1.54, 1.807) is 47.4 Å². The fraction of sp³-hybridized carbons (Fsp3) is 0.263. The Morgan fingerprint density at radius 2 is 2.08 bits per heavy atom. The molecule has 7 heteroatoms. The first kappa shape index (κ1) is 18.1. The van der Waals surface area contributed by atoms with Crippen LogP contribution in [0.4, 0.5) is 11.4 Å². The van der Waals surface area contributed by atoms with Gasteiger partial charge in [0.2, 0.25) is 0 Å². The highest BCUT2D eigenvalue weighted by atomic mass is 35.5. The summed E-state index contributed by atoms with van der Waals surface area (Å²) < 4.78 is 10.9. The first-order valence-electron chi connectivity index (χ1n) is 8.22. The zero-order valence-corrected chi connectivity index (χ0v) is 15.2. The second-order valence-electron chi connectivity index (χ2n) is 6.10. The third-order valence-corrected chi connectivity index (χ3v) is 4.15. The molecular weight excluding hydrogens is 356 g/mol. The molecule has 0 fully saturated rings. The van der Waals surface area contributed by atoms with Gasteiger partial charge in [-0.15, -0.1) is 0 Å². The second kappa shape index (κ2) is 7.66. The van der Waals surface area contributed by atoms with Crippen LogP contribution >= 0.6 is 11.6 Å². The second-order valence-corrected chi connectivity index (χ2v) is 6.50. The van der Waals surface area contributed by atoms with Gasteiger partial charge in [0.15, 0.2) is 13.2 Å². The molecule has 0 aromatic heterocycles. The lowest BCUT2D eigenvalue weighted by atomic mass is 10.1. The van der Waals surface area contributed by atoms with Crippen LogP contribution in [0.5, 0.6) is 11.5 Å². The first-order valence-corrected chi connectivity index (χ1v) is 8.59. The van der Waals surface area contributed by atoms with Gasteiger partial charge < -0.3 is 19.7 Å². The highest BCUT2D eigenvalue weighted by Gasteiger charge is 2.28. The average molecular weight is 375 g/mol. The van der Waals surface area contributed by atoms with Crippen molar-refractivity contribution in [1.82, 2.24) is 0 Å². The fourth-order valence-corrected chi connectivity index (χ4v) is 2.91. The quantitative estimate of drug-likeness (QED) is 0.869. The standard InChI is InChI=1S/C19H19ClN2O4/c1-12(2)22-15-9-13(7-8-17(15)26-11-19(22)24)21-18(23)10-25-16-6-4-3-5-14(16)20/h3-9,12H,10-11H2,1-2H3,(H,21,23). The lowest BCUT2D eigenvalue weighted by Gasteiger charge is -2.32. The SMILES string of the molecule is CC(C)N1C(=O)COc2ccc(NC(=O)COc3ccccc3Cl)cc21. The number of nitrogens with one attached hydrogen (secondary N) is 1. The van der Waals surface area contributed by atoms with Gasteiger partial charge >= 0.3 is 0 Å². The minimum Gasteiger partial charge on any atom is -0.482 e. The minimum atomic E-state index is -0.330. The van der Waals surface area contributed by atoms with Gasteiger partial charge in [0, 0.05) is 11.7 Å². The van der Waals surface area contributed by atoms with Gasteiger partial charge in [0.25, 0.3) is 11.8 Å². The predicted molar refractivity (Wildman–Crippen MR) is 100 cm³/mol. The normalized spacial score (nSPS) is 13.2. The summed E-state index contributed by atoms with van der Waals surface area (Å²) in [6, 6.07) is 12.1. The van der Waals surface area contributed by atoms with E-state index in [2.05, 4.69) is 5.32 Å². The van der Waals surface area contributed by atoms with Crippen LogP contribution in [0.25, 0.3) is 0 Å². The number of benzene rings is 2. The molecule has 3 rings (SSSR count). The summed E-state index contributed by atoms with van der Waals surface area (Å²) in [5, 5.41) is 3.20. The number of carbonyl (C=O) groups is 2. The Balaban J connectivity index is 1.70. The molecule has 1 aliphatic rings. The van der Waals surface area contributed by atoms with Gasteiger partial charge in [-0.3, -0.25) is 9.59 Å². The third-order valence-electron chi connectivity index (χ3n) is 3.83. The summed E-state index contributed by atoms with van der Waals surface area (Å²) >= 11 is 6.00. The topological polar surface area (TPSA) is 67.9 Å². The van der Waals surface area contributed by atoms with Gasteiger partial charge in [0.1, 0.15) is 11.5 Å². The Hall–Kier alpha value is -2.73. The Bertz CT molecular complexity index is 838. The number of nitrogens with zero attached hydrogens (tertiary/aromatic N) is 1. The molecule has 1 heterocycles.